The molecule has 0 spiro atoms. The van der Waals surface area contributed by atoms with Crippen molar-refractivity contribution in [3.63, 3.8) is 0 Å². The van der Waals surface area contributed by atoms with Crippen LogP contribution in [-0.4, -0.2) is 24.0 Å². The van der Waals surface area contributed by atoms with Crippen LogP contribution in [0.25, 0.3) is 0 Å². The molecule has 3 heteroatoms. The van der Waals surface area contributed by atoms with Crippen LogP contribution in [0, 0.1) is 17.7 Å². The van der Waals surface area contributed by atoms with Gasteiger partial charge in [-0.25, -0.2) is 4.39 Å². The minimum absolute atomic E-state index is 0.158. The van der Waals surface area contributed by atoms with Gasteiger partial charge >= 0.3 is 0 Å². The molecule has 1 unspecified atom stereocenters. The lowest BCUT2D eigenvalue weighted by Gasteiger charge is -2.35. The highest BCUT2D eigenvalue weighted by molar-refractivity contribution is 5.37. The summed E-state index contributed by atoms with van der Waals surface area (Å²) < 4.78 is 14.1. The zero-order valence-corrected chi connectivity index (χ0v) is 12.2. The van der Waals surface area contributed by atoms with Crippen LogP contribution in [-0.2, 0) is 6.54 Å². The van der Waals surface area contributed by atoms with Gasteiger partial charge < -0.3 is 5.73 Å². The van der Waals surface area contributed by atoms with E-state index in [1.165, 1.54) is 25.3 Å². The number of benzene rings is 1. The second kappa shape index (κ2) is 7.42. The fourth-order valence-corrected chi connectivity index (χ4v) is 2.86. The van der Waals surface area contributed by atoms with E-state index in [9.17, 15) is 4.39 Å². The van der Waals surface area contributed by atoms with Gasteiger partial charge in [0.2, 0.25) is 0 Å². The molecular weight excluding hydrogens is 251 g/mol. The van der Waals surface area contributed by atoms with Crippen molar-refractivity contribution in [2.24, 2.45) is 5.73 Å². The number of rotatable bonds is 3. The molecule has 1 aromatic rings. The smallest absolute Gasteiger partial charge is 0.128 e. The molecule has 0 bridgehead atoms. The Morgan fingerprint density at radius 2 is 2.25 bits per heavy atom. The molecule has 1 aliphatic rings. The van der Waals surface area contributed by atoms with E-state index in [0.717, 1.165) is 18.5 Å². The maximum absolute atomic E-state index is 14.1. The van der Waals surface area contributed by atoms with Crippen molar-refractivity contribution < 1.29 is 4.39 Å². The minimum atomic E-state index is -0.158. The number of piperidine rings is 1. The average Bonchev–Trinajstić information content (AvgIpc) is 2.48. The van der Waals surface area contributed by atoms with Gasteiger partial charge in [-0.15, -0.1) is 0 Å². The number of likely N-dealkylation sites (tertiary alicyclic amines) is 1. The minimum Gasteiger partial charge on any atom is -0.320 e. The first-order valence-electron chi connectivity index (χ1n) is 7.46. The average molecular weight is 274 g/mol. The number of nitrogens with two attached hydrogens (primary N) is 1. The number of hydrogen-bond acceptors (Lipinski definition) is 2. The van der Waals surface area contributed by atoms with Crippen molar-refractivity contribution in [3.05, 3.63) is 35.1 Å². The normalized spacial score (nSPS) is 19.4. The molecule has 1 aliphatic heterocycles. The third-order valence-electron chi connectivity index (χ3n) is 3.98. The summed E-state index contributed by atoms with van der Waals surface area (Å²) in [6.07, 6.45) is 4.89. The Morgan fingerprint density at radius 3 is 2.95 bits per heavy atom. The van der Waals surface area contributed by atoms with Crippen LogP contribution in [0.15, 0.2) is 18.2 Å². The Hall–Kier alpha value is -1.37. The first kappa shape index (κ1) is 15.0. The van der Waals surface area contributed by atoms with Crippen LogP contribution in [0.5, 0.6) is 0 Å². The fourth-order valence-electron chi connectivity index (χ4n) is 2.86. The van der Waals surface area contributed by atoms with E-state index in [1.807, 2.05) is 12.1 Å². The highest BCUT2D eigenvalue weighted by Crippen LogP contribution is 2.22. The molecule has 2 nitrogen and oxygen atoms in total. The molecule has 0 radical (unpaired) electrons. The Kier molecular flexibility index (Phi) is 5.58. The Morgan fingerprint density at radius 1 is 1.40 bits per heavy atom. The first-order chi connectivity index (χ1) is 9.74. The quantitative estimate of drug-likeness (QED) is 0.859. The van der Waals surface area contributed by atoms with Crippen LogP contribution in [0.3, 0.4) is 0 Å². The topological polar surface area (TPSA) is 29.3 Å². The molecule has 108 valence electrons. The van der Waals surface area contributed by atoms with Gasteiger partial charge in [0.15, 0.2) is 0 Å². The molecular formula is C17H23FN2. The van der Waals surface area contributed by atoms with Crippen molar-refractivity contribution in [1.82, 2.24) is 4.90 Å². The lowest BCUT2D eigenvalue weighted by atomic mass is 9.99. The first-order valence-corrected chi connectivity index (χ1v) is 7.46. The largest absolute Gasteiger partial charge is 0.320 e. The summed E-state index contributed by atoms with van der Waals surface area (Å²) in [6.45, 7) is 4.29. The summed E-state index contributed by atoms with van der Waals surface area (Å²) in [5.74, 6) is 5.46. The van der Waals surface area contributed by atoms with E-state index >= 15 is 0 Å². The molecule has 0 saturated carbocycles. The molecule has 1 atom stereocenters. The van der Waals surface area contributed by atoms with Crippen molar-refractivity contribution in [2.75, 3.05) is 13.1 Å². The zero-order chi connectivity index (χ0) is 14.4. The van der Waals surface area contributed by atoms with Gasteiger partial charge in [-0.1, -0.05) is 31.3 Å². The third-order valence-corrected chi connectivity index (χ3v) is 3.98. The number of hydrogen-bond donors (Lipinski definition) is 1. The third kappa shape index (κ3) is 3.82. The van der Waals surface area contributed by atoms with Crippen LogP contribution < -0.4 is 5.73 Å². The Balaban J connectivity index is 2.09. The lowest BCUT2D eigenvalue weighted by Crippen LogP contribution is -2.38. The summed E-state index contributed by atoms with van der Waals surface area (Å²) in [5, 5.41) is 0. The van der Waals surface area contributed by atoms with Crippen molar-refractivity contribution in [1.29, 1.82) is 0 Å². The number of nitrogens with zero attached hydrogens (tertiary/aromatic N) is 1. The van der Waals surface area contributed by atoms with Crippen LogP contribution in [0.4, 0.5) is 4.39 Å². The van der Waals surface area contributed by atoms with E-state index in [0.29, 0.717) is 24.7 Å². The highest BCUT2D eigenvalue weighted by Gasteiger charge is 2.21. The molecule has 1 saturated heterocycles. The maximum atomic E-state index is 14.1. The number of halogens is 1. The fraction of sp³-hybridized carbons (Fsp3) is 0.529. The standard InChI is InChI=1S/C17H23FN2/c1-2-16-7-3-4-11-20(16)13-15-9-8-14(6-5-10-19)12-17(15)18/h8-9,12,16H,2-4,7,10-11,13,19H2,1H3. The van der Waals surface area contributed by atoms with Gasteiger partial charge in [-0.2, -0.15) is 0 Å². The zero-order valence-electron chi connectivity index (χ0n) is 12.2. The van der Waals surface area contributed by atoms with E-state index in [-0.39, 0.29) is 5.82 Å². The molecule has 1 heterocycles. The summed E-state index contributed by atoms with van der Waals surface area (Å²) in [5.41, 5.74) is 6.79. The molecule has 1 fully saturated rings. The second-order valence-electron chi connectivity index (χ2n) is 5.34. The van der Waals surface area contributed by atoms with Crippen molar-refractivity contribution in [2.45, 2.75) is 45.2 Å². The van der Waals surface area contributed by atoms with Crippen LogP contribution in [0.2, 0.25) is 0 Å². The molecule has 1 aromatic carbocycles. The predicted molar refractivity (Wildman–Crippen MR) is 80.7 cm³/mol. The molecule has 0 amide bonds. The monoisotopic (exact) mass is 274 g/mol. The van der Waals surface area contributed by atoms with Crippen LogP contribution in [0.1, 0.15) is 43.7 Å². The van der Waals surface area contributed by atoms with Crippen molar-refractivity contribution in [3.8, 4) is 11.8 Å². The van der Waals surface area contributed by atoms with E-state index in [2.05, 4.69) is 23.7 Å². The summed E-state index contributed by atoms with van der Waals surface area (Å²) in [4.78, 5) is 2.41. The van der Waals surface area contributed by atoms with Gasteiger partial charge in [0.05, 0.1) is 6.54 Å². The maximum Gasteiger partial charge on any atom is 0.128 e. The lowest BCUT2D eigenvalue weighted by molar-refractivity contribution is 0.134. The molecule has 0 aliphatic carbocycles. The van der Waals surface area contributed by atoms with Gasteiger partial charge in [0, 0.05) is 23.7 Å². The predicted octanol–water partition coefficient (Wildman–Crippen LogP) is 2.90. The van der Waals surface area contributed by atoms with Crippen molar-refractivity contribution >= 4 is 0 Å². The summed E-state index contributed by atoms with van der Waals surface area (Å²) in [6, 6.07) is 5.85. The highest BCUT2D eigenvalue weighted by atomic mass is 19.1. The van der Waals surface area contributed by atoms with Gasteiger partial charge in [-0.05, 0) is 37.9 Å². The SMILES string of the molecule is CCC1CCCCN1Cc1ccc(C#CCN)cc1F. The van der Waals surface area contributed by atoms with Gasteiger partial charge in [-0.3, -0.25) is 4.90 Å². The van der Waals surface area contributed by atoms with Crippen LogP contribution >= 0.6 is 0 Å². The summed E-state index contributed by atoms with van der Waals surface area (Å²) in [7, 11) is 0. The van der Waals surface area contributed by atoms with Gasteiger partial charge in [0.25, 0.3) is 0 Å². The van der Waals surface area contributed by atoms with E-state index in [1.54, 1.807) is 0 Å². The van der Waals surface area contributed by atoms with Gasteiger partial charge in [0.1, 0.15) is 5.82 Å². The molecule has 0 aromatic heterocycles. The van der Waals surface area contributed by atoms with E-state index in [4.69, 9.17) is 5.73 Å². The molecule has 20 heavy (non-hydrogen) atoms. The molecule has 2 rings (SSSR count). The van der Waals surface area contributed by atoms with E-state index < -0.39 is 0 Å². The second-order valence-corrected chi connectivity index (χ2v) is 5.34. The Labute approximate surface area is 121 Å². The Bertz CT molecular complexity index is 501. The molecule has 2 N–H and O–H groups in total. The summed E-state index contributed by atoms with van der Waals surface area (Å²) >= 11 is 0.